The lowest BCUT2D eigenvalue weighted by Crippen LogP contribution is -2.31. The summed E-state index contributed by atoms with van der Waals surface area (Å²) >= 11 is 0. The van der Waals surface area contributed by atoms with Gasteiger partial charge in [0.05, 0.1) is 0 Å². The number of rotatable bonds is 7. The molecule has 6 nitrogen and oxygen atoms in total. The normalized spacial score (nSPS) is 10.5. The van der Waals surface area contributed by atoms with Crippen molar-refractivity contribution in [2.45, 2.75) is 6.54 Å². The number of hydrogen-bond donors (Lipinski definition) is 2. The van der Waals surface area contributed by atoms with Crippen molar-refractivity contribution in [1.29, 1.82) is 0 Å². The van der Waals surface area contributed by atoms with Gasteiger partial charge in [-0.25, -0.2) is 9.97 Å². The van der Waals surface area contributed by atoms with Crippen LogP contribution in [-0.4, -0.2) is 48.0 Å². The molecule has 0 saturated heterocycles. The molecule has 0 aliphatic heterocycles. The fourth-order valence-electron chi connectivity index (χ4n) is 1.83. The zero-order valence-corrected chi connectivity index (χ0v) is 12.9. The summed E-state index contributed by atoms with van der Waals surface area (Å²) in [6.45, 7) is 1.99. The van der Waals surface area contributed by atoms with Crippen molar-refractivity contribution in [3.8, 4) is 0 Å². The Balaban J connectivity index is 1.90. The number of anilines is 1. The second kappa shape index (κ2) is 8.09. The summed E-state index contributed by atoms with van der Waals surface area (Å²) in [5.74, 6) is 0.260. The Hall–Kier alpha value is -2.47. The molecule has 0 fully saturated rings. The molecule has 1 aromatic heterocycles. The number of carbonyl (C=O) groups excluding carboxylic acids is 1. The van der Waals surface area contributed by atoms with Crippen molar-refractivity contribution in [2.75, 3.05) is 32.5 Å². The van der Waals surface area contributed by atoms with Crippen LogP contribution < -0.4 is 10.6 Å². The van der Waals surface area contributed by atoms with Crippen LogP contribution in [0.2, 0.25) is 0 Å². The molecule has 6 heteroatoms. The number of aromatic nitrogens is 2. The average Bonchev–Trinajstić information content (AvgIpc) is 2.54. The molecule has 1 heterocycles. The highest BCUT2D eigenvalue weighted by molar-refractivity contribution is 5.92. The van der Waals surface area contributed by atoms with Crippen molar-refractivity contribution in [3.63, 3.8) is 0 Å². The van der Waals surface area contributed by atoms with E-state index in [4.69, 9.17) is 0 Å². The van der Waals surface area contributed by atoms with Gasteiger partial charge in [-0.1, -0.05) is 30.3 Å². The summed E-state index contributed by atoms with van der Waals surface area (Å²) in [5.41, 5.74) is 1.50. The number of amides is 1. The monoisotopic (exact) mass is 299 g/mol. The van der Waals surface area contributed by atoms with Gasteiger partial charge in [-0.2, -0.15) is 0 Å². The molecule has 0 aliphatic carbocycles. The second-order valence-corrected chi connectivity index (χ2v) is 5.16. The average molecular weight is 299 g/mol. The molecule has 0 spiro atoms. The van der Waals surface area contributed by atoms with Gasteiger partial charge in [0.2, 0.25) is 5.95 Å². The van der Waals surface area contributed by atoms with E-state index in [9.17, 15) is 4.79 Å². The third-order valence-electron chi connectivity index (χ3n) is 3.03. The Morgan fingerprint density at radius 3 is 2.68 bits per heavy atom. The van der Waals surface area contributed by atoms with Crippen molar-refractivity contribution in [2.24, 2.45) is 0 Å². The number of nitrogens with one attached hydrogen (secondary N) is 2. The Morgan fingerprint density at radius 1 is 1.18 bits per heavy atom. The van der Waals surface area contributed by atoms with E-state index in [2.05, 4.69) is 20.6 Å². The summed E-state index contributed by atoms with van der Waals surface area (Å²) < 4.78 is 0. The lowest BCUT2D eigenvalue weighted by Gasteiger charge is -2.10. The van der Waals surface area contributed by atoms with Gasteiger partial charge in [-0.3, -0.25) is 4.79 Å². The van der Waals surface area contributed by atoms with Crippen molar-refractivity contribution in [3.05, 3.63) is 53.9 Å². The van der Waals surface area contributed by atoms with Crippen LogP contribution in [0.1, 0.15) is 16.1 Å². The van der Waals surface area contributed by atoms with Gasteiger partial charge in [0.25, 0.3) is 5.91 Å². The van der Waals surface area contributed by atoms with E-state index in [1.54, 1.807) is 12.3 Å². The maximum Gasteiger partial charge on any atom is 0.270 e. The van der Waals surface area contributed by atoms with Gasteiger partial charge in [-0.15, -0.1) is 0 Å². The van der Waals surface area contributed by atoms with E-state index in [-0.39, 0.29) is 5.91 Å². The summed E-state index contributed by atoms with van der Waals surface area (Å²) in [4.78, 5) is 22.4. The molecule has 0 bridgehead atoms. The number of carbonyl (C=O) groups is 1. The topological polar surface area (TPSA) is 70.2 Å². The third-order valence-corrected chi connectivity index (χ3v) is 3.03. The highest BCUT2D eigenvalue weighted by Crippen LogP contribution is 2.04. The van der Waals surface area contributed by atoms with Crippen LogP contribution >= 0.6 is 0 Å². The lowest BCUT2D eigenvalue weighted by atomic mass is 10.2. The first-order valence-electron chi connectivity index (χ1n) is 7.19. The Bertz CT molecular complexity index is 600. The molecule has 0 radical (unpaired) electrons. The van der Waals surface area contributed by atoms with Crippen molar-refractivity contribution < 1.29 is 4.79 Å². The summed E-state index contributed by atoms with van der Waals surface area (Å²) in [6, 6.07) is 11.6. The molecule has 1 aromatic carbocycles. The standard InChI is InChI=1S/C16H21N5O/c1-21(2)11-10-17-15(22)14-8-9-18-16(20-14)19-12-13-6-4-3-5-7-13/h3-9H,10-12H2,1-2H3,(H,17,22)(H,18,19,20). The minimum absolute atomic E-state index is 0.188. The fraction of sp³-hybridized carbons (Fsp3) is 0.312. The van der Waals surface area contributed by atoms with Crippen molar-refractivity contribution >= 4 is 11.9 Å². The van der Waals surface area contributed by atoms with E-state index in [1.807, 2.05) is 49.3 Å². The largest absolute Gasteiger partial charge is 0.350 e. The molecule has 22 heavy (non-hydrogen) atoms. The zero-order chi connectivity index (χ0) is 15.8. The first-order valence-corrected chi connectivity index (χ1v) is 7.19. The summed E-state index contributed by atoms with van der Waals surface area (Å²) in [7, 11) is 3.92. The van der Waals surface area contributed by atoms with Crippen LogP contribution in [-0.2, 0) is 6.54 Å². The SMILES string of the molecule is CN(C)CCNC(=O)c1ccnc(NCc2ccccc2)n1. The van der Waals surface area contributed by atoms with E-state index in [1.165, 1.54) is 0 Å². The maximum absolute atomic E-state index is 12.0. The quantitative estimate of drug-likeness (QED) is 0.808. The van der Waals surface area contributed by atoms with Crippen LogP contribution in [0.25, 0.3) is 0 Å². The highest BCUT2D eigenvalue weighted by Gasteiger charge is 2.08. The van der Waals surface area contributed by atoms with Gasteiger partial charge in [0, 0.05) is 25.8 Å². The van der Waals surface area contributed by atoms with Crippen LogP contribution in [0.15, 0.2) is 42.6 Å². The van der Waals surface area contributed by atoms with E-state index in [0.717, 1.165) is 12.1 Å². The molecule has 0 unspecified atom stereocenters. The first-order chi connectivity index (χ1) is 10.6. The lowest BCUT2D eigenvalue weighted by molar-refractivity contribution is 0.0946. The minimum atomic E-state index is -0.188. The third kappa shape index (κ3) is 5.14. The van der Waals surface area contributed by atoms with Crippen LogP contribution in [0, 0.1) is 0 Å². The predicted molar refractivity (Wildman–Crippen MR) is 86.7 cm³/mol. The van der Waals surface area contributed by atoms with Gasteiger partial charge >= 0.3 is 0 Å². The Kier molecular flexibility index (Phi) is 5.85. The van der Waals surface area contributed by atoms with E-state index in [0.29, 0.717) is 24.7 Å². The van der Waals surface area contributed by atoms with E-state index >= 15 is 0 Å². The van der Waals surface area contributed by atoms with Crippen molar-refractivity contribution in [1.82, 2.24) is 20.2 Å². The molecule has 2 rings (SSSR count). The molecular weight excluding hydrogens is 278 g/mol. The van der Waals surface area contributed by atoms with Crippen LogP contribution in [0.3, 0.4) is 0 Å². The van der Waals surface area contributed by atoms with Gasteiger partial charge in [0.1, 0.15) is 5.69 Å². The molecule has 116 valence electrons. The highest BCUT2D eigenvalue weighted by atomic mass is 16.1. The molecule has 1 amide bonds. The molecular formula is C16H21N5O. The molecule has 0 saturated carbocycles. The zero-order valence-electron chi connectivity index (χ0n) is 12.9. The smallest absolute Gasteiger partial charge is 0.270 e. The second-order valence-electron chi connectivity index (χ2n) is 5.16. The Labute approximate surface area is 130 Å². The van der Waals surface area contributed by atoms with Crippen LogP contribution in [0.4, 0.5) is 5.95 Å². The summed E-state index contributed by atoms with van der Waals surface area (Å²) in [6.07, 6.45) is 1.58. The first kappa shape index (κ1) is 15.9. The molecule has 0 atom stereocenters. The number of nitrogens with zero attached hydrogens (tertiary/aromatic N) is 3. The summed E-state index contributed by atoms with van der Waals surface area (Å²) in [5, 5.41) is 5.95. The molecule has 2 N–H and O–H groups in total. The van der Waals surface area contributed by atoms with Crippen LogP contribution in [0.5, 0.6) is 0 Å². The number of likely N-dealkylation sites (N-methyl/N-ethyl adjacent to an activating group) is 1. The predicted octanol–water partition coefficient (Wildman–Crippen LogP) is 1.38. The minimum Gasteiger partial charge on any atom is -0.350 e. The Morgan fingerprint density at radius 2 is 1.95 bits per heavy atom. The van der Waals surface area contributed by atoms with E-state index < -0.39 is 0 Å². The van der Waals surface area contributed by atoms with Gasteiger partial charge in [0.15, 0.2) is 0 Å². The molecule has 0 aliphatic rings. The number of hydrogen-bond acceptors (Lipinski definition) is 5. The maximum atomic E-state index is 12.0. The molecule has 2 aromatic rings. The number of benzene rings is 1. The van der Waals surface area contributed by atoms with Gasteiger partial charge < -0.3 is 15.5 Å². The fourth-order valence-corrected chi connectivity index (χ4v) is 1.83. The van der Waals surface area contributed by atoms with Gasteiger partial charge in [-0.05, 0) is 25.7 Å².